The Morgan fingerprint density at radius 2 is 2.00 bits per heavy atom. The van der Waals surface area contributed by atoms with Gasteiger partial charge in [-0.15, -0.1) is 11.8 Å². The first-order chi connectivity index (χ1) is 4.86. The van der Waals surface area contributed by atoms with Gasteiger partial charge in [0.1, 0.15) is 0 Å². The van der Waals surface area contributed by atoms with E-state index >= 15 is 0 Å². The molecule has 3 heteroatoms. The zero-order chi connectivity index (χ0) is 7.40. The summed E-state index contributed by atoms with van der Waals surface area (Å²) in [6.45, 7) is 0. The summed E-state index contributed by atoms with van der Waals surface area (Å²) in [7, 11) is 0. The van der Waals surface area contributed by atoms with Crippen LogP contribution in [0, 0.1) is 0 Å². The van der Waals surface area contributed by atoms with Gasteiger partial charge in [0.2, 0.25) is 0 Å². The molecular weight excluding hydrogens is 167 g/mol. The largest absolute Gasteiger partial charge is 0.160 e. The summed E-state index contributed by atoms with van der Waals surface area (Å²) in [6, 6.07) is 7.40. The third-order valence-corrected chi connectivity index (χ3v) is 2.29. The summed E-state index contributed by atoms with van der Waals surface area (Å²) in [5.74, 6) is 0. The lowest BCUT2D eigenvalue weighted by Crippen LogP contribution is -1.69. The van der Waals surface area contributed by atoms with Gasteiger partial charge in [0, 0.05) is 9.79 Å². The van der Waals surface area contributed by atoms with E-state index in [1.807, 2.05) is 24.5 Å². The molecule has 0 saturated heterocycles. The highest BCUT2D eigenvalue weighted by atomic mass is 32.2. The highest BCUT2D eigenvalue weighted by Crippen LogP contribution is 2.23. The lowest BCUT2D eigenvalue weighted by Gasteiger charge is -1.95. The molecule has 10 heavy (non-hydrogen) atoms. The molecule has 0 bridgehead atoms. The van der Waals surface area contributed by atoms with Crippen molar-refractivity contribution in [1.29, 1.82) is 0 Å². The van der Waals surface area contributed by atoms with Crippen molar-refractivity contribution in [2.24, 2.45) is 0 Å². The minimum atomic E-state index is 0.285. The zero-order valence-corrected chi connectivity index (χ0v) is 7.14. The second kappa shape index (κ2) is 3.88. The van der Waals surface area contributed by atoms with E-state index in [2.05, 4.69) is 0 Å². The van der Waals surface area contributed by atoms with E-state index in [-0.39, 0.29) is 12.1 Å². The molecule has 0 radical (unpaired) electrons. The molecule has 0 aliphatic carbocycles. The molecule has 1 rings (SSSR count). The molecule has 0 aromatic heterocycles. The molecule has 54 valence electrons. The average Bonchev–Trinajstić information content (AvgIpc) is 2.05. The molecule has 1 aromatic rings. The van der Waals surface area contributed by atoms with E-state index in [0.29, 0.717) is 4.90 Å². The van der Waals surface area contributed by atoms with Crippen molar-refractivity contribution in [2.75, 3.05) is 6.26 Å². The van der Waals surface area contributed by atoms with E-state index in [1.165, 1.54) is 0 Å². The van der Waals surface area contributed by atoms with Crippen LogP contribution in [0.5, 0.6) is 0 Å². The van der Waals surface area contributed by atoms with Crippen molar-refractivity contribution in [3.8, 4) is 0 Å². The van der Waals surface area contributed by atoms with Crippen LogP contribution in [0.2, 0.25) is 0 Å². The lowest BCUT2D eigenvalue weighted by atomic mass is 10.4. The molecule has 0 atom stereocenters. The van der Waals surface area contributed by atoms with Crippen molar-refractivity contribution in [3.05, 3.63) is 24.3 Å². The highest BCUT2D eigenvalue weighted by molar-refractivity contribution is 7.98. The maximum atomic E-state index is 11.9. The van der Waals surface area contributed by atoms with E-state index in [4.69, 9.17) is 0 Å². The first-order valence-electron chi connectivity index (χ1n) is 2.79. The zero-order valence-electron chi connectivity index (χ0n) is 5.50. The van der Waals surface area contributed by atoms with Crippen molar-refractivity contribution < 1.29 is 3.89 Å². The molecule has 0 spiro atoms. The van der Waals surface area contributed by atoms with Crippen LogP contribution in [0.25, 0.3) is 0 Å². The molecule has 0 unspecified atom stereocenters. The third kappa shape index (κ3) is 1.92. The number of benzene rings is 1. The fourth-order valence-electron chi connectivity index (χ4n) is 0.649. The van der Waals surface area contributed by atoms with Gasteiger partial charge in [-0.25, -0.2) is 0 Å². The van der Waals surface area contributed by atoms with E-state index in [0.717, 1.165) is 4.90 Å². The Hall–Kier alpha value is -0.150. The molecule has 0 saturated carbocycles. The van der Waals surface area contributed by atoms with Crippen LogP contribution in [0.1, 0.15) is 0 Å². The second-order valence-electron chi connectivity index (χ2n) is 1.76. The minimum absolute atomic E-state index is 0.285. The smallest absolute Gasteiger partial charge is 0.0812 e. The Bertz CT molecular complexity index is 193. The van der Waals surface area contributed by atoms with Gasteiger partial charge < -0.3 is 0 Å². The van der Waals surface area contributed by atoms with Gasteiger partial charge in [0.05, 0.1) is 12.1 Å². The predicted molar refractivity (Wildman–Crippen MR) is 45.2 cm³/mol. The Morgan fingerprint density at radius 3 is 2.60 bits per heavy atom. The van der Waals surface area contributed by atoms with Crippen molar-refractivity contribution >= 4 is 23.9 Å². The molecule has 0 N–H and O–H groups in total. The molecular formula is C7H7FS2. The van der Waals surface area contributed by atoms with Crippen LogP contribution >= 0.6 is 23.9 Å². The quantitative estimate of drug-likeness (QED) is 0.630. The van der Waals surface area contributed by atoms with Crippen molar-refractivity contribution in [2.45, 2.75) is 9.79 Å². The molecule has 0 nitrogen and oxygen atoms in total. The summed E-state index contributed by atoms with van der Waals surface area (Å²) < 4.78 is 11.9. The van der Waals surface area contributed by atoms with Gasteiger partial charge >= 0.3 is 0 Å². The van der Waals surface area contributed by atoms with Gasteiger partial charge in [-0.2, -0.15) is 3.89 Å². The van der Waals surface area contributed by atoms with Gasteiger partial charge in [-0.05, 0) is 24.5 Å². The summed E-state index contributed by atoms with van der Waals surface area (Å²) in [5, 5.41) is 0. The van der Waals surface area contributed by atoms with Crippen LogP contribution in [-0.2, 0) is 0 Å². The van der Waals surface area contributed by atoms with E-state index < -0.39 is 0 Å². The standard InChI is InChI=1S/C7H7FS2/c1-9-6-3-2-4-7(5-6)10-8/h2-5H,1H3. The number of rotatable bonds is 2. The number of hydrogen-bond acceptors (Lipinski definition) is 2. The Labute approximate surface area is 68.5 Å². The van der Waals surface area contributed by atoms with Crippen LogP contribution in [0.15, 0.2) is 34.1 Å². The van der Waals surface area contributed by atoms with Crippen LogP contribution in [0.4, 0.5) is 3.89 Å². The Morgan fingerprint density at radius 1 is 1.30 bits per heavy atom. The minimum Gasteiger partial charge on any atom is -0.160 e. The molecule has 0 aliphatic heterocycles. The maximum Gasteiger partial charge on any atom is 0.0812 e. The Kier molecular flexibility index (Phi) is 3.09. The van der Waals surface area contributed by atoms with Gasteiger partial charge in [0.25, 0.3) is 0 Å². The van der Waals surface area contributed by atoms with Gasteiger partial charge in [-0.3, -0.25) is 0 Å². The van der Waals surface area contributed by atoms with Crippen LogP contribution in [0.3, 0.4) is 0 Å². The van der Waals surface area contributed by atoms with Gasteiger partial charge in [-0.1, -0.05) is 6.07 Å². The van der Waals surface area contributed by atoms with E-state index in [9.17, 15) is 3.89 Å². The summed E-state index contributed by atoms with van der Waals surface area (Å²) in [4.78, 5) is 1.77. The SMILES string of the molecule is CSc1cccc(SF)c1. The fourth-order valence-corrected chi connectivity index (χ4v) is 1.48. The normalized spacial score (nSPS) is 9.80. The highest BCUT2D eigenvalue weighted by Gasteiger charge is 1.93. The monoisotopic (exact) mass is 174 g/mol. The van der Waals surface area contributed by atoms with Gasteiger partial charge in [0.15, 0.2) is 0 Å². The maximum absolute atomic E-state index is 11.9. The second-order valence-corrected chi connectivity index (χ2v) is 3.26. The predicted octanol–water partition coefficient (Wildman–Crippen LogP) is 3.39. The van der Waals surface area contributed by atoms with Crippen LogP contribution in [-0.4, -0.2) is 6.26 Å². The third-order valence-electron chi connectivity index (χ3n) is 1.13. The van der Waals surface area contributed by atoms with Crippen LogP contribution < -0.4 is 0 Å². The van der Waals surface area contributed by atoms with Crippen molar-refractivity contribution in [1.82, 2.24) is 0 Å². The number of hydrogen-bond donors (Lipinski definition) is 0. The number of thioether (sulfide) groups is 1. The molecule has 1 aromatic carbocycles. The molecule has 0 heterocycles. The first kappa shape index (κ1) is 7.95. The Balaban J connectivity index is 2.87. The van der Waals surface area contributed by atoms with Crippen molar-refractivity contribution in [3.63, 3.8) is 0 Å². The summed E-state index contributed by atoms with van der Waals surface area (Å²) in [5.41, 5.74) is 0. The number of halogens is 1. The lowest BCUT2D eigenvalue weighted by molar-refractivity contribution is 0.933. The fraction of sp³-hybridized carbons (Fsp3) is 0.143. The molecule has 0 aliphatic rings. The molecule has 0 amide bonds. The van der Waals surface area contributed by atoms with E-state index in [1.54, 1.807) is 17.8 Å². The molecule has 0 fully saturated rings. The summed E-state index contributed by atoms with van der Waals surface area (Å²) in [6.07, 6.45) is 1.97. The first-order valence-corrected chi connectivity index (χ1v) is 4.73. The summed E-state index contributed by atoms with van der Waals surface area (Å²) >= 11 is 1.90. The topological polar surface area (TPSA) is 0 Å². The average molecular weight is 174 g/mol.